The van der Waals surface area contributed by atoms with Crippen LogP contribution in [0.3, 0.4) is 0 Å². The second-order valence-corrected chi connectivity index (χ2v) is 5.57. The number of benzene rings is 1. The zero-order valence-corrected chi connectivity index (χ0v) is 14.8. The first-order valence-corrected chi connectivity index (χ1v) is 8.37. The van der Waals surface area contributed by atoms with Gasteiger partial charge in [-0.25, -0.2) is 9.98 Å². The van der Waals surface area contributed by atoms with E-state index >= 15 is 0 Å². The van der Waals surface area contributed by atoms with Gasteiger partial charge in [0.2, 0.25) is 5.88 Å². The average Bonchev–Trinajstić information content (AvgIpc) is 2.61. The molecule has 146 valence electrons. The highest BCUT2D eigenvalue weighted by atomic mass is 19.4. The number of pyridine rings is 1. The summed E-state index contributed by atoms with van der Waals surface area (Å²) in [5.74, 6) is 0.312. The van der Waals surface area contributed by atoms with Crippen LogP contribution in [0.1, 0.15) is 25.3 Å². The van der Waals surface area contributed by atoms with E-state index in [1.54, 1.807) is 12.3 Å². The van der Waals surface area contributed by atoms with Crippen LogP contribution in [0.4, 0.5) is 18.9 Å². The van der Waals surface area contributed by atoms with E-state index in [4.69, 9.17) is 10.5 Å². The Kier molecular flexibility index (Phi) is 7.27. The molecule has 27 heavy (non-hydrogen) atoms. The van der Waals surface area contributed by atoms with Crippen LogP contribution < -0.4 is 20.5 Å². The first-order chi connectivity index (χ1) is 12.9. The van der Waals surface area contributed by atoms with Crippen LogP contribution in [0, 0.1) is 0 Å². The number of ether oxygens (including phenoxy) is 2. The van der Waals surface area contributed by atoms with Crippen molar-refractivity contribution in [2.75, 3.05) is 11.9 Å². The van der Waals surface area contributed by atoms with Gasteiger partial charge in [0.25, 0.3) is 0 Å². The monoisotopic (exact) mass is 382 g/mol. The fourth-order valence-corrected chi connectivity index (χ4v) is 2.09. The molecule has 0 aliphatic rings. The molecule has 0 saturated heterocycles. The predicted molar refractivity (Wildman–Crippen MR) is 96.7 cm³/mol. The number of nitrogens with zero attached hydrogens (tertiary/aromatic N) is 2. The van der Waals surface area contributed by atoms with Gasteiger partial charge in [-0.15, -0.1) is 13.2 Å². The van der Waals surface area contributed by atoms with Gasteiger partial charge in [0.05, 0.1) is 13.2 Å². The van der Waals surface area contributed by atoms with Gasteiger partial charge >= 0.3 is 6.36 Å². The lowest BCUT2D eigenvalue weighted by molar-refractivity contribution is -0.274. The van der Waals surface area contributed by atoms with Gasteiger partial charge in [0, 0.05) is 17.4 Å². The van der Waals surface area contributed by atoms with E-state index in [-0.39, 0.29) is 18.3 Å². The third-order valence-electron chi connectivity index (χ3n) is 3.37. The molecule has 1 aromatic heterocycles. The summed E-state index contributed by atoms with van der Waals surface area (Å²) in [6.45, 7) is 2.90. The Bertz CT molecular complexity index is 749. The van der Waals surface area contributed by atoms with Crippen molar-refractivity contribution in [1.82, 2.24) is 4.98 Å². The van der Waals surface area contributed by atoms with Crippen molar-refractivity contribution in [3.63, 3.8) is 0 Å². The molecule has 0 saturated carbocycles. The topological polar surface area (TPSA) is 81.8 Å². The number of halogens is 3. The number of rotatable bonds is 8. The Labute approximate surface area is 155 Å². The van der Waals surface area contributed by atoms with Gasteiger partial charge < -0.3 is 20.5 Å². The maximum atomic E-state index is 12.2. The largest absolute Gasteiger partial charge is 0.573 e. The summed E-state index contributed by atoms with van der Waals surface area (Å²) in [7, 11) is 0. The van der Waals surface area contributed by atoms with Crippen LogP contribution in [-0.2, 0) is 6.54 Å². The summed E-state index contributed by atoms with van der Waals surface area (Å²) in [5.41, 5.74) is 7.10. The van der Waals surface area contributed by atoms with E-state index in [0.29, 0.717) is 18.2 Å². The van der Waals surface area contributed by atoms with Gasteiger partial charge in [-0.05, 0) is 36.8 Å². The van der Waals surface area contributed by atoms with Crippen molar-refractivity contribution < 1.29 is 22.6 Å². The average molecular weight is 382 g/mol. The lowest BCUT2D eigenvalue weighted by Gasteiger charge is -2.11. The number of hydrogen-bond acceptors (Lipinski definition) is 4. The van der Waals surface area contributed by atoms with E-state index in [9.17, 15) is 13.2 Å². The summed E-state index contributed by atoms with van der Waals surface area (Å²) < 4.78 is 45.9. The lowest BCUT2D eigenvalue weighted by atomic mass is 10.2. The molecule has 0 bridgehead atoms. The van der Waals surface area contributed by atoms with Gasteiger partial charge in [0.1, 0.15) is 5.75 Å². The molecule has 2 aromatic rings. The SMILES string of the molecule is CCCCOc1ncccc1CN=C(N)Nc1ccc(OC(F)(F)F)cc1. The van der Waals surface area contributed by atoms with Gasteiger partial charge in [-0.3, -0.25) is 0 Å². The second-order valence-electron chi connectivity index (χ2n) is 5.57. The van der Waals surface area contributed by atoms with Crippen LogP contribution in [0.25, 0.3) is 0 Å². The van der Waals surface area contributed by atoms with Crippen LogP contribution in [0.2, 0.25) is 0 Å². The maximum absolute atomic E-state index is 12.2. The molecule has 0 atom stereocenters. The molecule has 1 aromatic carbocycles. The third kappa shape index (κ3) is 7.43. The van der Waals surface area contributed by atoms with Crippen LogP contribution in [0.15, 0.2) is 47.6 Å². The number of unbranched alkanes of at least 4 members (excludes halogenated alkanes) is 1. The Balaban J connectivity index is 1.94. The third-order valence-corrected chi connectivity index (χ3v) is 3.37. The quantitative estimate of drug-likeness (QED) is 0.408. The number of hydrogen-bond donors (Lipinski definition) is 2. The Morgan fingerprint density at radius 3 is 2.63 bits per heavy atom. The summed E-state index contributed by atoms with van der Waals surface area (Å²) >= 11 is 0. The first kappa shape index (κ1) is 20.3. The fourth-order valence-electron chi connectivity index (χ4n) is 2.09. The summed E-state index contributed by atoms with van der Waals surface area (Å²) in [5, 5.41) is 2.80. The van der Waals surface area contributed by atoms with Crippen molar-refractivity contribution in [2.24, 2.45) is 10.7 Å². The number of alkyl halides is 3. The minimum Gasteiger partial charge on any atom is -0.477 e. The number of guanidine groups is 1. The predicted octanol–water partition coefficient (Wildman–Crippen LogP) is 4.09. The Morgan fingerprint density at radius 2 is 1.96 bits per heavy atom. The summed E-state index contributed by atoms with van der Waals surface area (Å²) in [4.78, 5) is 8.41. The van der Waals surface area contributed by atoms with Gasteiger partial charge in [0.15, 0.2) is 5.96 Å². The molecular formula is C18H21F3N4O2. The Hall–Kier alpha value is -2.97. The van der Waals surface area contributed by atoms with E-state index < -0.39 is 6.36 Å². The molecule has 0 aliphatic carbocycles. The molecule has 0 radical (unpaired) electrons. The van der Waals surface area contributed by atoms with Crippen molar-refractivity contribution in [1.29, 1.82) is 0 Å². The fraction of sp³-hybridized carbons (Fsp3) is 0.333. The maximum Gasteiger partial charge on any atom is 0.573 e. The molecule has 0 fully saturated rings. The van der Waals surface area contributed by atoms with E-state index in [1.807, 2.05) is 6.07 Å². The molecule has 6 nitrogen and oxygen atoms in total. The lowest BCUT2D eigenvalue weighted by Crippen LogP contribution is -2.22. The number of nitrogens with two attached hydrogens (primary N) is 1. The highest BCUT2D eigenvalue weighted by molar-refractivity contribution is 5.92. The van der Waals surface area contributed by atoms with Crippen LogP contribution in [-0.4, -0.2) is 23.9 Å². The minimum absolute atomic E-state index is 0.114. The molecule has 1 heterocycles. The van der Waals surface area contributed by atoms with E-state index in [1.165, 1.54) is 24.3 Å². The number of anilines is 1. The van der Waals surface area contributed by atoms with Crippen molar-refractivity contribution in [2.45, 2.75) is 32.7 Å². The highest BCUT2D eigenvalue weighted by Gasteiger charge is 2.30. The Morgan fingerprint density at radius 1 is 1.22 bits per heavy atom. The molecule has 0 amide bonds. The molecule has 0 aliphatic heterocycles. The molecule has 2 rings (SSSR count). The molecule has 3 N–H and O–H groups in total. The second kappa shape index (κ2) is 9.65. The number of aliphatic imine (C=N–C) groups is 1. The normalized spacial score (nSPS) is 11.9. The number of nitrogens with one attached hydrogen (secondary N) is 1. The number of aromatic nitrogens is 1. The standard InChI is InChI=1S/C18H21F3N4O2/c1-2-3-11-26-16-13(5-4-10-23-16)12-24-17(22)25-14-6-8-15(9-7-14)27-18(19,20)21/h4-10H,2-3,11-12H2,1H3,(H3,22,24,25). The zero-order chi connectivity index (χ0) is 19.7. The van der Waals surface area contributed by atoms with Crippen LogP contribution >= 0.6 is 0 Å². The molecule has 0 unspecified atom stereocenters. The van der Waals surface area contributed by atoms with Crippen molar-refractivity contribution >= 4 is 11.6 Å². The molecule has 0 spiro atoms. The molecular weight excluding hydrogens is 361 g/mol. The summed E-state index contributed by atoms with van der Waals surface area (Å²) in [6.07, 6.45) is -1.14. The molecule has 9 heteroatoms. The summed E-state index contributed by atoms with van der Waals surface area (Å²) in [6, 6.07) is 8.81. The van der Waals surface area contributed by atoms with E-state index in [0.717, 1.165) is 18.4 Å². The van der Waals surface area contributed by atoms with Gasteiger partial charge in [-0.2, -0.15) is 0 Å². The smallest absolute Gasteiger partial charge is 0.477 e. The zero-order valence-electron chi connectivity index (χ0n) is 14.8. The highest BCUT2D eigenvalue weighted by Crippen LogP contribution is 2.24. The minimum atomic E-state index is -4.73. The van der Waals surface area contributed by atoms with Crippen molar-refractivity contribution in [3.05, 3.63) is 48.2 Å². The van der Waals surface area contributed by atoms with E-state index in [2.05, 4.69) is 27.0 Å². The van der Waals surface area contributed by atoms with Crippen molar-refractivity contribution in [3.8, 4) is 11.6 Å². The van der Waals surface area contributed by atoms with Gasteiger partial charge in [-0.1, -0.05) is 19.4 Å². The van der Waals surface area contributed by atoms with Crippen LogP contribution in [0.5, 0.6) is 11.6 Å². The first-order valence-electron chi connectivity index (χ1n) is 8.37.